The van der Waals surface area contributed by atoms with Crippen LogP contribution in [-0.2, 0) is 15.1 Å². The van der Waals surface area contributed by atoms with Crippen molar-refractivity contribution >= 4 is 36.9 Å². The summed E-state index contributed by atoms with van der Waals surface area (Å²) in [7, 11) is 6.32. The minimum absolute atomic E-state index is 0.0150. The maximum atomic E-state index is 14.0. The molecule has 0 aliphatic carbocycles. The van der Waals surface area contributed by atoms with E-state index < -0.39 is 17.5 Å². The Morgan fingerprint density at radius 3 is 2.91 bits per heavy atom. The molecule has 2 aliphatic heterocycles. The Bertz CT molecular complexity index is 1260. The first kappa shape index (κ1) is 24.3. The first-order chi connectivity index (χ1) is 16.7. The quantitative estimate of drug-likeness (QED) is 0.376. The molecule has 0 amide bonds. The molecule has 4 heterocycles. The first-order valence-corrected chi connectivity index (χ1v) is 11.8. The normalized spacial score (nSPS) is 24.2. The fourth-order valence-electron chi connectivity index (χ4n) is 4.61. The summed E-state index contributed by atoms with van der Waals surface area (Å²) in [5.41, 5.74) is 5.79. The Labute approximate surface area is 212 Å². The Morgan fingerprint density at radius 2 is 2.11 bits per heavy atom. The van der Waals surface area contributed by atoms with E-state index in [2.05, 4.69) is 10.1 Å². The molecule has 182 valence electrons. The van der Waals surface area contributed by atoms with E-state index in [4.69, 9.17) is 51.0 Å². The van der Waals surface area contributed by atoms with Gasteiger partial charge in [0.25, 0.3) is 0 Å². The van der Waals surface area contributed by atoms with E-state index in [1.165, 1.54) is 16.8 Å². The molecule has 2 saturated heterocycles. The third kappa shape index (κ3) is 4.38. The minimum atomic E-state index is -1.77. The lowest BCUT2D eigenvalue weighted by Crippen LogP contribution is -2.45. The first-order valence-electron chi connectivity index (χ1n) is 11.0. The molecule has 5 atom stereocenters. The van der Waals surface area contributed by atoms with Gasteiger partial charge in [0.05, 0.1) is 24.4 Å². The molecule has 3 N–H and O–H groups in total. The second-order valence-corrected chi connectivity index (χ2v) is 9.50. The van der Waals surface area contributed by atoms with Gasteiger partial charge in [0.15, 0.2) is 17.9 Å². The molecule has 0 saturated carbocycles. The fourth-order valence-corrected chi connectivity index (χ4v) is 5.29. The van der Waals surface area contributed by atoms with E-state index in [1.54, 1.807) is 31.6 Å². The average Bonchev–Trinajstić information content (AvgIpc) is 3.55. The van der Waals surface area contributed by atoms with Crippen LogP contribution in [0.15, 0.2) is 36.8 Å². The summed E-state index contributed by atoms with van der Waals surface area (Å²) in [6.45, 7) is 2.51. The zero-order chi connectivity index (χ0) is 24.9. The number of hydrogen-bond donors (Lipinski definition) is 2. The average molecular weight is 519 g/mol. The zero-order valence-corrected chi connectivity index (χ0v) is 20.2. The number of ether oxygens (including phenoxy) is 3. The van der Waals surface area contributed by atoms with Crippen LogP contribution in [0.3, 0.4) is 0 Å². The minimum Gasteiger partial charge on any atom is -0.482 e. The highest BCUT2D eigenvalue weighted by molar-refractivity contribution is 6.36. The van der Waals surface area contributed by atoms with Crippen LogP contribution in [0.1, 0.15) is 25.0 Å². The molecular formula is C23H22BCl2FN4O4. The van der Waals surface area contributed by atoms with Crippen LogP contribution in [0.25, 0.3) is 11.1 Å². The van der Waals surface area contributed by atoms with Crippen molar-refractivity contribution in [2.24, 2.45) is 11.8 Å². The molecule has 3 aromatic rings. The van der Waals surface area contributed by atoms with Crippen LogP contribution < -0.4 is 10.5 Å². The van der Waals surface area contributed by atoms with E-state index in [0.717, 1.165) is 6.42 Å². The Kier molecular flexibility index (Phi) is 6.44. The molecule has 2 fully saturated rings. The van der Waals surface area contributed by atoms with Gasteiger partial charge in [-0.05, 0) is 31.5 Å². The second-order valence-electron chi connectivity index (χ2n) is 8.71. The van der Waals surface area contributed by atoms with Crippen LogP contribution in [0.5, 0.6) is 5.75 Å². The van der Waals surface area contributed by atoms with Crippen molar-refractivity contribution < 1.29 is 23.7 Å². The smallest absolute Gasteiger partial charge is 0.166 e. The SMILES string of the molecule is [B]C(O)(C1COC2OCCC21)n1cc(-c2cnc(N)c(OC(C)c3c(Cl)ccc(F)c3Cl)c2)cn1. The highest BCUT2D eigenvalue weighted by Crippen LogP contribution is 2.42. The number of anilines is 1. The van der Waals surface area contributed by atoms with Gasteiger partial charge in [0.1, 0.15) is 25.4 Å². The number of nitrogen functional groups attached to an aromatic ring is 1. The maximum absolute atomic E-state index is 14.0. The number of nitrogens with two attached hydrogens (primary N) is 1. The summed E-state index contributed by atoms with van der Waals surface area (Å²) >= 11 is 12.3. The van der Waals surface area contributed by atoms with Crippen LogP contribution in [0.2, 0.25) is 10.0 Å². The summed E-state index contributed by atoms with van der Waals surface area (Å²) < 4.78 is 32.4. The van der Waals surface area contributed by atoms with Gasteiger partial charge >= 0.3 is 0 Å². The fraction of sp³-hybridized carbons (Fsp3) is 0.391. The number of halogens is 3. The molecule has 12 heteroatoms. The number of fused-ring (bicyclic) bond motifs is 1. The van der Waals surface area contributed by atoms with Gasteiger partial charge in [0.2, 0.25) is 0 Å². The molecule has 2 radical (unpaired) electrons. The van der Waals surface area contributed by atoms with Crippen LogP contribution in [0, 0.1) is 17.7 Å². The monoisotopic (exact) mass is 518 g/mol. The van der Waals surface area contributed by atoms with Crippen LogP contribution in [-0.4, -0.2) is 47.2 Å². The predicted molar refractivity (Wildman–Crippen MR) is 129 cm³/mol. The van der Waals surface area contributed by atoms with Crippen molar-refractivity contribution in [2.75, 3.05) is 18.9 Å². The van der Waals surface area contributed by atoms with Crippen molar-refractivity contribution in [2.45, 2.75) is 31.4 Å². The van der Waals surface area contributed by atoms with Crippen LogP contribution >= 0.6 is 23.2 Å². The Morgan fingerprint density at radius 1 is 1.31 bits per heavy atom. The van der Waals surface area contributed by atoms with Crippen molar-refractivity contribution in [1.82, 2.24) is 14.8 Å². The molecule has 2 aromatic heterocycles. The lowest BCUT2D eigenvalue weighted by Gasteiger charge is -2.33. The van der Waals surface area contributed by atoms with Crippen molar-refractivity contribution in [1.29, 1.82) is 0 Å². The summed E-state index contributed by atoms with van der Waals surface area (Å²) in [5, 5.41) is 15.6. The molecule has 1 aromatic carbocycles. The van der Waals surface area contributed by atoms with Gasteiger partial charge in [-0.2, -0.15) is 5.10 Å². The number of aromatic nitrogens is 3. The molecule has 8 nitrogen and oxygen atoms in total. The molecule has 35 heavy (non-hydrogen) atoms. The van der Waals surface area contributed by atoms with Gasteiger partial charge in [-0.3, -0.25) is 4.68 Å². The molecule has 5 rings (SSSR count). The Balaban J connectivity index is 1.39. The molecule has 0 spiro atoms. The zero-order valence-electron chi connectivity index (χ0n) is 18.7. The lowest BCUT2D eigenvalue weighted by atomic mass is 9.73. The van der Waals surface area contributed by atoms with Crippen molar-refractivity contribution in [3.63, 3.8) is 0 Å². The number of pyridine rings is 1. The van der Waals surface area contributed by atoms with Gasteiger partial charge in [-0.25, -0.2) is 9.37 Å². The summed E-state index contributed by atoms with van der Waals surface area (Å²) in [6, 6.07) is 4.26. The van der Waals surface area contributed by atoms with E-state index in [1.807, 2.05) is 0 Å². The number of hydrogen-bond acceptors (Lipinski definition) is 7. The van der Waals surface area contributed by atoms with E-state index in [-0.39, 0.29) is 46.3 Å². The highest BCUT2D eigenvalue weighted by Gasteiger charge is 2.50. The molecular weight excluding hydrogens is 497 g/mol. The number of nitrogens with zero attached hydrogens (tertiary/aromatic N) is 3. The lowest BCUT2D eigenvalue weighted by molar-refractivity contribution is -0.0911. The van der Waals surface area contributed by atoms with Gasteiger partial charge < -0.3 is 25.1 Å². The molecule has 2 aliphatic rings. The summed E-state index contributed by atoms with van der Waals surface area (Å²) in [4.78, 5) is 4.20. The van der Waals surface area contributed by atoms with Gasteiger partial charge in [0, 0.05) is 45.9 Å². The van der Waals surface area contributed by atoms with Crippen molar-refractivity contribution in [3.8, 4) is 16.9 Å². The number of aliphatic hydroxyl groups is 1. The Hall–Kier alpha value is -2.37. The van der Waals surface area contributed by atoms with Gasteiger partial charge in [-0.15, -0.1) is 0 Å². The predicted octanol–water partition coefficient (Wildman–Crippen LogP) is 3.89. The van der Waals surface area contributed by atoms with Crippen LogP contribution in [0.4, 0.5) is 10.2 Å². The van der Waals surface area contributed by atoms with E-state index in [9.17, 15) is 9.50 Å². The second kappa shape index (κ2) is 9.26. The topological polar surface area (TPSA) is 105 Å². The molecule has 5 unspecified atom stereocenters. The maximum Gasteiger partial charge on any atom is 0.166 e. The standard InChI is InChI=1S/C23H22BCl2FN4O4/c1-11(19-16(25)2-3-17(27)20(19)26)35-18-6-12(7-29-21(18)28)13-8-30-31(9-13)23(24,32)15-10-34-22-14(15)4-5-33-22/h2-3,6-9,11,14-15,22,32H,4-5,10H2,1H3,(H2,28,29). The van der Waals surface area contributed by atoms with E-state index >= 15 is 0 Å². The third-order valence-electron chi connectivity index (χ3n) is 6.54. The van der Waals surface area contributed by atoms with Gasteiger partial charge in [-0.1, -0.05) is 23.2 Å². The van der Waals surface area contributed by atoms with E-state index in [0.29, 0.717) is 23.3 Å². The third-order valence-corrected chi connectivity index (χ3v) is 7.25. The number of benzene rings is 1. The highest BCUT2D eigenvalue weighted by atomic mass is 35.5. The molecule has 0 bridgehead atoms. The summed E-state index contributed by atoms with van der Waals surface area (Å²) in [5.74, 6) is -0.627. The van der Waals surface area contributed by atoms with Crippen molar-refractivity contribution in [3.05, 3.63) is 58.2 Å². The summed E-state index contributed by atoms with van der Waals surface area (Å²) in [6.07, 6.45) is 4.40. The largest absolute Gasteiger partial charge is 0.482 e. The number of rotatable bonds is 6.